The third-order valence-corrected chi connectivity index (χ3v) is 3.87. The lowest BCUT2D eigenvalue weighted by molar-refractivity contribution is -0.127. The van der Waals surface area contributed by atoms with Crippen LogP contribution < -0.4 is 5.32 Å². The summed E-state index contributed by atoms with van der Waals surface area (Å²) in [6, 6.07) is -0.254. The van der Waals surface area contributed by atoms with Crippen LogP contribution >= 0.6 is 0 Å². The molecule has 2 N–H and O–H groups in total. The first-order valence-corrected chi connectivity index (χ1v) is 6.80. The Hall–Kier alpha value is -1.07. The molecule has 1 aliphatic rings. The average Bonchev–Trinajstić information content (AvgIpc) is 2.83. The molecule has 1 unspecified atom stereocenters. The Bertz CT molecular complexity index is 334. The number of alkyl carbamates (subject to hydrolysis) is 1. The summed E-state index contributed by atoms with van der Waals surface area (Å²) in [5, 5.41) is 13.6. The van der Waals surface area contributed by atoms with Crippen molar-refractivity contribution in [3.63, 3.8) is 0 Å². The summed E-state index contributed by atoms with van der Waals surface area (Å²) in [5.41, 5.74) is -1.13. The van der Waals surface area contributed by atoms with Crippen molar-refractivity contribution < 1.29 is 16.1 Å². The first kappa shape index (κ1) is 16.0. The molecule has 0 aromatic heterocycles. The van der Waals surface area contributed by atoms with E-state index in [1.807, 2.05) is 24.8 Å². The molecule has 5 heteroatoms. The zero-order valence-corrected chi connectivity index (χ0v) is 12.3. The second kappa shape index (κ2) is 6.39. The number of nitrogens with one attached hydrogen (secondary N) is 1. The van der Waals surface area contributed by atoms with Crippen LogP contribution in [0.2, 0.25) is 0 Å². The van der Waals surface area contributed by atoms with Gasteiger partial charge in [0, 0.05) is 14.0 Å². The molecule has 1 fully saturated rings. The Labute approximate surface area is 117 Å². The van der Waals surface area contributed by atoms with Crippen molar-refractivity contribution in [2.75, 3.05) is 13.7 Å². The van der Waals surface area contributed by atoms with E-state index in [-0.39, 0.29) is 13.4 Å². The van der Waals surface area contributed by atoms with E-state index in [9.17, 15) is 9.90 Å². The van der Waals surface area contributed by atoms with Crippen molar-refractivity contribution in [1.29, 1.82) is 0 Å². The molecule has 0 aromatic carbocycles. The van der Waals surface area contributed by atoms with Gasteiger partial charge in [-0.15, -0.1) is 6.58 Å². The van der Waals surface area contributed by atoms with E-state index in [2.05, 4.69) is 16.6 Å². The van der Waals surface area contributed by atoms with Crippen LogP contribution in [0.1, 0.15) is 35.0 Å². The summed E-state index contributed by atoms with van der Waals surface area (Å²) in [5.74, 6) is 0.0835. The number of likely N-dealkylation sites (tertiary alicyclic amines) is 1. The number of hydrogen-bond acceptors (Lipinski definition) is 4. The number of methoxy groups -OCH3 is 1. The fourth-order valence-electron chi connectivity index (χ4n) is 2.90. The minimum atomic E-state index is -1.13. The van der Waals surface area contributed by atoms with Crippen LogP contribution in [0.5, 0.6) is 0 Å². The highest BCUT2D eigenvalue weighted by atomic mass is 16.5. The minimum Gasteiger partial charge on any atom is -0.453 e. The fraction of sp³-hybridized carbons (Fsp3) is 0.786. The maximum atomic E-state index is 11.5. The maximum Gasteiger partial charge on any atom is 0.407 e. The molecule has 112 valence electrons. The van der Waals surface area contributed by atoms with Crippen molar-refractivity contribution in [3.8, 4) is 0 Å². The smallest absolute Gasteiger partial charge is 0.407 e. The first-order valence-electron chi connectivity index (χ1n) is 6.80. The van der Waals surface area contributed by atoms with Gasteiger partial charge in [-0.2, -0.15) is 0 Å². The normalized spacial score (nSPS) is 24.8. The Morgan fingerprint density at radius 1 is 1.68 bits per heavy atom. The molecule has 0 spiro atoms. The van der Waals surface area contributed by atoms with E-state index in [4.69, 9.17) is 0 Å². The lowest BCUT2D eigenvalue weighted by Gasteiger charge is -2.44. The second-order valence-corrected chi connectivity index (χ2v) is 5.59. The van der Waals surface area contributed by atoms with Gasteiger partial charge in [-0.3, -0.25) is 4.90 Å². The van der Waals surface area contributed by atoms with Crippen molar-refractivity contribution in [2.24, 2.45) is 5.92 Å². The van der Waals surface area contributed by atoms with E-state index >= 15 is 0 Å². The Kier molecular flexibility index (Phi) is 5.38. The number of amides is 1. The number of ether oxygens (including phenoxy) is 1. The van der Waals surface area contributed by atoms with Crippen LogP contribution in [0, 0.1) is 5.92 Å². The van der Waals surface area contributed by atoms with Crippen LogP contribution in [-0.4, -0.2) is 47.6 Å². The largest absolute Gasteiger partial charge is 0.453 e. The topological polar surface area (TPSA) is 61.8 Å². The summed E-state index contributed by atoms with van der Waals surface area (Å²) in [4.78, 5) is 13.5. The summed E-state index contributed by atoms with van der Waals surface area (Å²) in [6.45, 7) is 10.3. The SMILES string of the molecule is C=C[C@@H]1CCCN1C(C)(O)[C@@H](NC(=O)OC)C(C)C.[HH]. The highest BCUT2D eigenvalue weighted by Gasteiger charge is 2.44. The molecule has 1 saturated heterocycles. The van der Waals surface area contributed by atoms with Crippen LogP contribution in [0.25, 0.3) is 0 Å². The molecule has 1 amide bonds. The molecule has 3 atom stereocenters. The predicted octanol–water partition coefficient (Wildman–Crippen LogP) is 1.97. The lowest BCUT2D eigenvalue weighted by Crippen LogP contribution is -2.63. The Morgan fingerprint density at radius 2 is 2.32 bits per heavy atom. The average molecular weight is 272 g/mol. The molecule has 5 nitrogen and oxygen atoms in total. The standard InChI is InChI=1S/C14H26N2O3.H2/c1-6-11-8-7-9-16(11)14(4,18)12(10(2)3)15-13(17)19-5;/h6,10-12,18H,1,7-9H2,2-5H3,(H,15,17);1H/t11-,12+,14?;/m1./s1. The third kappa shape index (κ3) is 3.48. The summed E-state index contributed by atoms with van der Waals surface area (Å²) >= 11 is 0. The first-order chi connectivity index (χ1) is 8.84. The van der Waals surface area contributed by atoms with Gasteiger partial charge in [0.05, 0.1) is 13.2 Å². The van der Waals surface area contributed by atoms with Gasteiger partial charge in [0.25, 0.3) is 0 Å². The fourth-order valence-corrected chi connectivity index (χ4v) is 2.90. The van der Waals surface area contributed by atoms with E-state index in [0.29, 0.717) is 0 Å². The zero-order valence-electron chi connectivity index (χ0n) is 12.3. The number of nitrogens with zero attached hydrogens (tertiary/aromatic N) is 1. The van der Waals surface area contributed by atoms with Gasteiger partial charge in [-0.1, -0.05) is 19.9 Å². The molecule has 1 rings (SSSR count). The summed E-state index contributed by atoms with van der Waals surface area (Å²) in [7, 11) is 1.32. The van der Waals surface area contributed by atoms with Gasteiger partial charge in [-0.05, 0) is 25.7 Å². The molecule has 1 aliphatic heterocycles. The van der Waals surface area contributed by atoms with Crippen LogP contribution in [0.15, 0.2) is 12.7 Å². The van der Waals surface area contributed by atoms with Gasteiger partial charge >= 0.3 is 6.09 Å². The van der Waals surface area contributed by atoms with Crippen molar-refractivity contribution in [3.05, 3.63) is 12.7 Å². The van der Waals surface area contributed by atoms with E-state index in [0.717, 1.165) is 19.4 Å². The number of rotatable bonds is 5. The van der Waals surface area contributed by atoms with Crippen molar-refractivity contribution in [1.82, 2.24) is 10.2 Å². The van der Waals surface area contributed by atoms with Crippen LogP contribution in [0.3, 0.4) is 0 Å². The highest BCUT2D eigenvalue weighted by molar-refractivity contribution is 5.67. The predicted molar refractivity (Wildman–Crippen MR) is 76.8 cm³/mol. The zero-order chi connectivity index (χ0) is 14.6. The van der Waals surface area contributed by atoms with E-state index in [1.54, 1.807) is 6.92 Å². The van der Waals surface area contributed by atoms with Crippen molar-refractivity contribution in [2.45, 2.75) is 51.4 Å². The van der Waals surface area contributed by atoms with Crippen LogP contribution in [-0.2, 0) is 4.74 Å². The van der Waals surface area contributed by atoms with Gasteiger partial charge < -0.3 is 15.2 Å². The van der Waals surface area contributed by atoms with Gasteiger partial charge in [0.2, 0.25) is 0 Å². The Morgan fingerprint density at radius 3 is 2.79 bits per heavy atom. The molecule has 1 heterocycles. The Balaban J connectivity index is 0.00000361. The summed E-state index contributed by atoms with van der Waals surface area (Å²) < 4.78 is 4.64. The molecule has 0 saturated carbocycles. The quantitative estimate of drug-likeness (QED) is 0.751. The van der Waals surface area contributed by atoms with Gasteiger partial charge in [0.15, 0.2) is 0 Å². The maximum absolute atomic E-state index is 11.5. The molecular formula is C14H28N2O3. The van der Waals surface area contributed by atoms with E-state index in [1.165, 1.54) is 7.11 Å². The number of aliphatic hydroxyl groups is 1. The van der Waals surface area contributed by atoms with E-state index < -0.39 is 17.9 Å². The molecule has 0 bridgehead atoms. The summed E-state index contributed by atoms with van der Waals surface area (Å²) in [6.07, 6.45) is 3.35. The molecule has 0 aromatic rings. The van der Waals surface area contributed by atoms with Gasteiger partial charge in [0.1, 0.15) is 5.72 Å². The highest BCUT2D eigenvalue weighted by Crippen LogP contribution is 2.30. The van der Waals surface area contributed by atoms with Crippen molar-refractivity contribution >= 4 is 6.09 Å². The number of carbonyl (C=O) groups is 1. The van der Waals surface area contributed by atoms with Gasteiger partial charge in [-0.25, -0.2) is 4.79 Å². The monoisotopic (exact) mass is 272 g/mol. The van der Waals surface area contributed by atoms with Crippen LogP contribution in [0.4, 0.5) is 4.79 Å². The third-order valence-electron chi connectivity index (χ3n) is 3.87. The molecule has 0 radical (unpaired) electrons. The number of hydrogen-bond donors (Lipinski definition) is 2. The lowest BCUT2D eigenvalue weighted by atomic mass is 9.92. The molecule has 0 aliphatic carbocycles. The molecular weight excluding hydrogens is 244 g/mol. The minimum absolute atomic E-state index is 0. The molecule has 19 heavy (non-hydrogen) atoms. The second-order valence-electron chi connectivity index (χ2n) is 5.59. The number of carbonyl (C=O) groups excluding carboxylic acids is 1.